The van der Waals surface area contributed by atoms with Gasteiger partial charge in [-0.15, -0.1) is 0 Å². The second-order valence-electron chi connectivity index (χ2n) is 4.94. The molecule has 0 bridgehead atoms. The third kappa shape index (κ3) is 4.41. The summed E-state index contributed by atoms with van der Waals surface area (Å²) in [6.07, 6.45) is 3.16. The predicted molar refractivity (Wildman–Crippen MR) is 86.1 cm³/mol. The van der Waals surface area contributed by atoms with Crippen molar-refractivity contribution >= 4 is 11.6 Å². The number of benzene rings is 2. The van der Waals surface area contributed by atoms with Crippen molar-refractivity contribution in [1.29, 1.82) is 0 Å². The van der Waals surface area contributed by atoms with Crippen LogP contribution >= 0.6 is 0 Å². The first-order chi connectivity index (χ1) is 11.3. The summed E-state index contributed by atoms with van der Waals surface area (Å²) in [5, 5.41) is 6.85. The van der Waals surface area contributed by atoms with Gasteiger partial charge in [0.1, 0.15) is 18.4 Å². The van der Waals surface area contributed by atoms with Crippen LogP contribution in [0.3, 0.4) is 0 Å². The maximum atomic E-state index is 11.9. The molecule has 0 spiro atoms. The molecule has 1 heterocycles. The summed E-state index contributed by atoms with van der Waals surface area (Å²) >= 11 is 0. The van der Waals surface area contributed by atoms with Crippen LogP contribution in [0.4, 0.5) is 5.69 Å². The molecule has 6 nitrogen and oxygen atoms in total. The van der Waals surface area contributed by atoms with Crippen molar-refractivity contribution in [3.8, 4) is 5.75 Å². The van der Waals surface area contributed by atoms with Crippen molar-refractivity contribution in [1.82, 2.24) is 14.8 Å². The lowest BCUT2D eigenvalue weighted by molar-refractivity contribution is -0.118. The smallest absolute Gasteiger partial charge is 0.262 e. The number of amides is 1. The fourth-order valence-corrected chi connectivity index (χ4v) is 2.06. The lowest BCUT2D eigenvalue weighted by Gasteiger charge is -2.08. The zero-order chi connectivity index (χ0) is 15.9. The molecule has 0 fully saturated rings. The van der Waals surface area contributed by atoms with Crippen LogP contribution in [0, 0.1) is 0 Å². The average molecular weight is 308 g/mol. The van der Waals surface area contributed by atoms with E-state index >= 15 is 0 Å². The first-order valence-corrected chi connectivity index (χ1v) is 7.19. The van der Waals surface area contributed by atoms with E-state index in [0.717, 1.165) is 11.3 Å². The fourth-order valence-electron chi connectivity index (χ4n) is 2.06. The van der Waals surface area contributed by atoms with E-state index in [4.69, 9.17) is 4.74 Å². The van der Waals surface area contributed by atoms with Gasteiger partial charge in [-0.3, -0.25) is 4.79 Å². The third-order valence-corrected chi connectivity index (χ3v) is 3.16. The Labute approximate surface area is 133 Å². The quantitative estimate of drug-likeness (QED) is 0.759. The highest BCUT2D eigenvalue weighted by Crippen LogP contribution is 2.11. The lowest BCUT2D eigenvalue weighted by Crippen LogP contribution is -2.20. The van der Waals surface area contributed by atoms with Crippen molar-refractivity contribution < 1.29 is 9.53 Å². The molecule has 116 valence electrons. The largest absolute Gasteiger partial charge is 0.484 e. The van der Waals surface area contributed by atoms with Crippen LogP contribution in [-0.2, 0) is 11.3 Å². The Balaban J connectivity index is 1.50. The molecule has 2 aromatic carbocycles. The van der Waals surface area contributed by atoms with Gasteiger partial charge < -0.3 is 10.1 Å². The number of para-hydroxylation sites is 1. The number of carbonyl (C=O) groups is 1. The second kappa shape index (κ2) is 7.22. The molecule has 0 aliphatic heterocycles. The standard InChI is InChI=1S/C17H16N4O2/c22-17(11-23-16-4-2-1-3-5-16)20-15-8-6-14(7-9-15)10-21-13-18-12-19-21/h1-9,12-13H,10-11H2,(H,20,22). The molecule has 0 aliphatic carbocycles. The summed E-state index contributed by atoms with van der Waals surface area (Å²) < 4.78 is 7.14. The Morgan fingerprint density at radius 1 is 1.09 bits per heavy atom. The van der Waals surface area contributed by atoms with Crippen LogP contribution in [0.1, 0.15) is 5.56 Å². The van der Waals surface area contributed by atoms with Gasteiger partial charge in [0.15, 0.2) is 6.61 Å². The minimum Gasteiger partial charge on any atom is -0.484 e. The van der Waals surface area contributed by atoms with Gasteiger partial charge in [-0.2, -0.15) is 5.10 Å². The zero-order valence-electron chi connectivity index (χ0n) is 12.4. The third-order valence-electron chi connectivity index (χ3n) is 3.16. The summed E-state index contributed by atoms with van der Waals surface area (Å²) in [7, 11) is 0. The summed E-state index contributed by atoms with van der Waals surface area (Å²) in [5.41, 5.74) is 1.81. The number of ether oxygens (including phenoxy) is 1. The molecule has 0 atom stereocenters. The molecule has 0 unspecified atom stereocenters. The summed E-state index contributed by atoms with van der Waals surface area (Å²) in [6, 6.07) is 16.8. The Bertz CT molecular complexity index is 740. The van der Waals surface area contributed by atoms with E-state index < -0.39 is 0 Å². The van der Waals surface area contributed by atoms with E-state index in [1.165, 1.54) is 6.33 Å². The number of aromatic nitrogens is 3. The normalized spacial score (nSPS) is 10.3. The SMILES string of the molecule is O=C(COc1ccccc1)Nc1ccc(Cn2cncn2)cc1. The van der Waals surface area contributed by atoms with Gasteiger partial charge in [0.05, 0.1) is 6.54 Å². The summed E-state index contributed by atoms with van der Waals surface area (Å²) in [6.45, 7) is 0.621. The Morgan fingerprint density at radius 3 is 2.57 bits per heavy atom. The van der Waals surface area contributed by atoms with E-state index in [1.807, 2.05) is 54.6 Å². The molecule has 0 radical (unpaired) electrons. The van der Waals surface area contributed by atoms with Crippen molar-refractivity contribution in [2.75, 3.05) is 11.9 Å². The monoisotopic (exact) mass is 308 g/mol. The van der Waals surface area contributed by atoms with Gasteiger partial charge in [0.2, 0.25) is 0 Å². The minimum atomic E-state index is -0.196. The highest BCUT2D eigenvalue weighted by atomic mass is 16.5. The van der Waals surface area contributed by atoms with Gasteiger partial charge >= 0.3 is 0 Å². The predicted octanol–water partition coefficient (Wildman–Crippen LogP) is 2.34. The molecule has 0 saturated heterocycles. The van der Waals surface area contributed by atoms with Gasteiger partial charge in [0, 0.05) is 5.69 Å². The Hall–Kier alpha value is -3.15. The van der Waals surface area contributed by atoms with Gasteiger partial charge in [0.25, 0.3) is 5.91 Å². The number of anilines is 1. The van der Waals surface area contributed by atoms with E-state index in [9.17, 15) is 4.79 Å². The van der Waals surface area contributed by atoms with Gasteiger partial charge in [-0.05, 0) is 29.8 Å². The minimum absolute atomic E-state index is 0.0231. The number of nitrogens with zero attached hydrogens (tertiary/aromatic N) is 3. The number of hydrogen-bond acceptors (Lipinski definition) is 4. The fraction of sp³-hybridized carbons (Fsp3) is 0.118. The maximum absolute atomic E-state index is 11.9. The van der Waals surface area contributed by atoms with Crippen LogP contribution in [0.2, 0.25) is 0 Å². The van der Waals surface area contributed by atoms with Crippen LogP contribution in [0.25, 0.3) is 0 Å². The molecule has 6 heteroatoms. The first kappa shape index (κ1) is 14.8. The molecule has 23 heavy (non-hydrogen) atoms. The number of nitrogens with one attached hydrogen (secondary N) is 1. The molecule has 0 saturated carbocycles. The van der Waals surface area contributed by atoms with Gasteiger partial charge in [-0.1, -0.05) is 30.3 Å². The molecule has 3 aromatic rings. The zero-order valence-corrected chi connectivity index (χ0v) is 12.4. The molecule has 3 rings (SSSR count). The Morgan fingerprint density at radius 2 is 1.87 bits per heavy atom. The van der Waals surface area contributed by atoms with Crippen LogP contribution in [0.5, 0.6) is 5.75 Å². The van der Waals surface area contributed by atoms with Crippen molar-refractivity contribution in [2.45, 2.75) is 6.54 Å². The number of hydrogen-bond donors (Lipinski definition) is 1. The maximum Gasteiger partial charge on any atom is 0.262 e. The summed E-state index contributed by atoms with van der Waals surface area (Å²) in [4.78, 5) is 15.8. The van der Waals surface area contributed by atoms with Crippen LogP contribution in [-0.4, -0.2) is 27.3 Å². The van der Waals surface area contributed by atoms with E-state index in [0.29, 0.717) is 12.3 Å². The molecule has 1 N–H and O–H groups in total. The second-order valence-corrected chi connectivity index (χ2v) is 4.94. The highest BCUT2D eigenvalue weighted by Gasteiger charge is 2.04. The topological polar surface area (TPSA) is 69.0 Å². The van der Waals surface area contributed by atoms with Gasteiger partial charge in [-0.25, -0.2) is 9.67 Å². The highest BCUT2D eigenvalue weighted by molar-refractivity contribution is 5.91. The summed E-state index contributed by atoms with van der Waals surface area (Å²) in [5.74, 6) is 0.476. The van der Waals surface area contributed by atoms with Crippen LogP contribution < -0.4 is 10.1 Å². The Kier molecular flexibility index (Phi) is 4.63. The number of rotatable bonds is 6. The molecular weight excluding hydrogens is 292 g/mol. The van der Waals surface area contributed by atoms with E-state index in [1.54, 1.807) is 11.0 Å². The van der Waals surface area contributed by atoms with E-state index in [2.05, 4.69) is 15.4 Å². The molecule has 1 aromatic heterocycles. The molecule has 1 amide bonds. The van der Waals surface area contributed by atoms with Crippen molar-refractivity contribution in [3.05, 3.63) is 72.8 Å². The molecular formula is C17H16N4O2. The van der Waals surface area contributed by atoms with Crippen LogP contribution in [0.15, 0.2) is 67.3 Å². The lowest BCUT2D eigenvalue weighted by atomic mass is 10.2. The average Bonchev–Trinajstić information content (AvgIpc) is 3.09. The molecule has 0 aliphatic rings. The van der Waals surface area contributed by atoms with E-state index in [-0.39, 0.29) is 12.5 Å². The van der Waals surface area contributed by atoms with Crippen molar-refractivity contribution in [2.24, 2.45) is 0 Å². The first-order valence-electron chi connectivity index (χ1n) is 7.19. The number of carbonyl (C=O) groups excluding carboxylic acids is 1. The van der Waals surface area contributed by atoms with Crippen molar-refractivity contribution in [3.63, 3.8) is 0 Å².